The molecular weight excluding hydrogens is 552 g/mol. The minimum Gasteiger partial charge on any atom is -0.507 e. The van der Waals surface area contributed by atoms with Gasteiger partial charge in [0.1, 0.15) is 16.4 Å². The first kappa shape index (κ1) is 28.4. The van der Waals surface area contributed by atoms with Gasteiger partial charge in [-0.05, 0) is 80.2 Å². The van der Waals surface area contributed by atoms with E-state index in [1.165, 1.54) is 6.07 Å². The molecule has 2 fully saturated rings. The van der Waals surface area contributed by atoms with Crippen LogP contribution in [0.1, 0.15) is 74.2 Å². The summed E-state index contributed by atoms with van der Waals surface area (Å²) >= 11 is 0. The van der Waals surface area contributed by atoms with Crippen LogP contribution >= 0.6 is 0 Å². The van der Waals surface area contributed by atoms with Crippen molar-refractivity contribution in [1.29, 1.82) is 0 Å². The molecule has 1 saturated carbocycles. The third kappa shape index (κ3) is 5.94. The Hall–Kier alpha value is -3.69. The number of nitrogens with one attached hydrogen (secondary N) is 1. The van der Waals surface area contributed by atoms with E-state index in [-0.39, 0.29) is 28.0 Å². The zero-order valence-corrected chi connectivity index (χ0v) is 24.5. The highest BCUT2D eigenvalue weighted by atomic mass is 32.2. The molecule has 2 aliphatic rings. The van der Waals surface area contributed by atoms with Crippen molar-refractivity contribution in [3.8, 4) is 5.75 Å². The van der Waals surface area contributed by atoms with Crippen molar-refractivity contribution in [2.45, 2.75) is 62.2 Å². The van der Waals surface area contributed by atoms with E-state index in [0.717, 1.165) is 56.1 Å². The molecule has 2 N–H and O–H groups in total. The zero-order chi connectivity index (χ0) is 29.3. The first-order valence-corrected chi connectivity index (χ1v) is 16.2. The number of fused-ring (bicyclic) bond motifs is 1. The van der Waals surface area contributed by atoms with Crippen LogP contribution in [0.5, 0.6) is 5.75 Å². The van der Waals surface area contributed by atoms with E-state index in [2.05, 4.69) is 16.6 Å². The second-order valence-corrected chi connectivity index (χ2v) is 13.2. The van der Waals surface area contributed by atoms with Crippen molar-refractivity contribution in [2.24, 2.45) is 11.8 Å². The number of ether oxygens (including phenoxy) is 1. The van der Waals surface area contributed by atoms with E-state index in [1.807, 2.05) is 18.2 Å². The lowest BCUT2D eigenvalue weighted by Crippen LogP contribution is -2.21. The molecule has 42 heavy (non-hydrogen) atoms. The fourth-order valence-corrected chi connectivity index (χ4v) is 7.51. The average Bonchev–Trinajstić information content (AvgIpc) is 3.83. The molecule has 1 aliphatic carbocycles. The maximum absolute atomic E-state index is 13.5. The van der Waals surface area contributed by atoms with Crippen LogP contribution in [0.3, 0.4) is 0 Å². The third-order valence-corrected chi connectivity index (χ3v) is 9.95. The fraction of sp³-hybridized carbons (Fsp3) is 0.394. The van der Waals surface area contributed by atoms with Gasteiger partial charge in [-0.3, -0.25) is 9.71 Å². The monoisotopic (exact) mass is 588 g/mol. The Balaban J connectivity index is 1.29. The molecule has 3 atom stereocenters. The van der Waals surface area contributed by atoms with E-state index in [1.54, 1.807) is 42.6 Å². The molecular formula is C33H36N2O6S. The van der Waals surface area contributed by atoms with Crippen LogP contribution in [0.2, 0.25) is 0 Å². The van der Waals surface area contributed by atoms with E-state index >= 15 is 0 Å². The molecule has 3 unspecified atom stereocenters. The highest BCUT2D eigenvalue weighted by Gasteiger charge is 2.38. The number of nitrogens with zero attached hydrogens (tertiary/aromatic N) is 1. The molecule has 0 bridgehead atoms. The van der Waals surface area contributed by atoms with Gasteiger partial charge in [-0.15, -0.1) is 0 Å². The number of sulfonamides is 1. The summed E-state index contributed by atoms with van der Waals surface area (Å²) in [6.07, 6.45) is 7.14. The van der Waals surface area contributed by atoms with Crippen LogP contribution in [-0.2, 0) is 14.8 Å². The minimum atomic E-state index is -3.95. The summed E-state index contributed by atoms with van der Waals surface area (Å²) in [5.41, 5.74) is 1.20. The quantitative estimate of drug-likeness (QED) is 0.216. The Labute approximate surface area is 245 Å². The Kier molecular flexibility index (Phi) is 8.05. The Bertz CT molecular complexity index is 1740. The molecule has 1 saturated heterocycles. The lowest BCUT2D eigenvalue weighted by Gasteiger charge is -2.26. The molecule has 0 spiro atoms. The number of anilines is 1. The first-order chi connectivity index (χ1) is 20.3. The fourth-order valence-electron chi connectivity index (χ4n) is 6.28. The van der Waals surface area contributed by atoms with E-state index in [4.69, 9.17) is 9.15 Å². The average molecular weight is 589 g/mol. The predicted octanol–water partition coefficient (Wildman–Crippen LogP) is 6.55. The van der Waals surface area contributed by atoms with Crippen molar-refractivity contribution in [3.63, 3.8) is 0 Å². The Morgan fingerprint density at radius 2 is 1.88 bits per heavy atom. The SMILES string of the molecule is CCC(CC1CCCOC1)c1cc(O)c(C(c2cccc(NS(=O)(=O)c3cccc4cccnc34)c2)C2CC2)c(=O)o1. The summed E-state index contributed by atoms with van der Waals surface area (Å²) in [5, 5.41) is 12.0. The molecule has 3 heterocycles. The van der Waals surface area contributed by atoms with Crippen LogP contribution in [-0.4, -0.2) is 31.7 Å². The second-order valence-electron chi connectivity index (χ2n) is 11.5. The van der Waals surface area contributed by atoms with Gasteiger partial charge < -0.3 is 14.3 Å². The molecule has 1 aliphatic heterocycles. The summed E-state index contributed by atoms with van der Waals surface area (Å²) in [6.45, 7) is 3.57. The van der Waals surface area contributed by atoms with Crippen molar-refractivity contribution in [1.82, 2.24) is 4.98 Å². The topological polar surface area (TPSA) is 119 Å². The van der Waals surface area contributed by atoms with Crippen molar-refractivity contribution < 1.29 is 22.7 Å². The molecule has 8 nitrogen and oxygen atoms in total. The second kappa shape index (κ2) is 11.9. The molecule has 220 valence electrons. The number of para-hydroxylation sites is 1. The van der Waals surface area contributed by atoms with Gasteiger partial charge >= 0.3 is 5.63 Å². The summed E-state index contributed by atoms with van der Waals surface area (Å²) in [7, 11) is -3.95. The van der Waals surface area contributed by atoms with Gasteiger partial charge in [0.15, 0.2) is 0 Å². The van der Waals surface area contributed by atoms with Gasteiger partial charge in [-0.2, -0.15) is 0 Å². The summed E-state index contributed by atoms with van der Waals surface area (Å²) < 4.78 is 41.1. The van der Waals surface area contributed by atoms with Crippen LogP contribution in [0.15, 0.2) is 81.0 Å². The van der Waals surface area contributed by atoms with E-state index < -0.39 is 21.6 Å². The highest BCUT2D eigenvalue weighted by Crippen LogP contribution is 2.48. The highest BCUT2D eigenvalue weighted by molar-refractivity contribution is 7.93. The Morgan fingerprint density at radius 1 is 1.07 bits per heavy atom. The van der Waals surface area contributed by atoms with Crippen LogP contribution in [0, 0.1) is 11.8 Å². The number of rotatable bonds is 10. The van der Waals surface area contributed by atoms with Crippen LogP contribution in [0.4, 0.5) is 5.69 Å². The van der Waals surface area contributed by atoms with Gasteiger partial charge in [0.05, 0.1) is 11.1 Å². The number of hydrogen-bond donors (Lipinski definition) is 2. The standard InChI is InChI=1S/C33H36N2O6S/c1-2-22(17-21-7-6-16-40-20-21)28-19-27(36)31(33(37)41-28)30(23-13-14-23)25-9-3-11-26(18-25)35-42(38,39)29-12-4-8-24-10-5-15-34-32(24)29/h3-5,8-12,15,18-19,21-23,30,35-36H,2,6-7,13-14,16-17,20H2,1H3. The van der Waals surface area contributed by atoms with Gasteiger partial charge in [-0.1, -0.05) is 37.3 Å². The van der Waals surface area contributed by atoms with Gasteiger partial charge in [0, 0.05) is 48.4 Å². The van der Waals surface area contributed by atoms with Crippen LogP contribution < -0.4 is 10.3 Å². The van der Waals surface area contributed by atoms with Crippen molar-refractivity contribution >= 4 is 26.6 Å². The predicted molar refractivity (Wildman–Crippen MR) is 161 cm³/mol. The molecule has 2 aromatic carbocycles. The molecule has 0 amide bonds. The third-order valence-electron chi connectivity index (χ3n) is 8.54. The molecule has 9 heteroatoms. The van der Waals surface area contributed by atoms with Crippen LogP contribution in [0.25, 0.3) is 10.9 Å². The van der Waals surface area contributed by atoms with Gasteiger partial charge in [0.25, 0.3) is 10.0 Å². The summed E-state index contributed by atoms with van der Waals surface area (Å²) in [5.74, 6) is 0.612. The van der Waals surface area contributed by atoms with E-state index in [0.29, 0.717) is 29.5 Å². The Morgan fingerprint density at radius 3 is 2.62 bits per heavy atom. The van der Waals surface area contributed by atoms with Crippen molar-refractivity contribution in [3.05, 3.63) is 94.2 Å². The molecule has 0 radical (unpaired) electrons. The van der Waals surface area contributed by atoms with E-state index in [9.17, 15) is 18.3 Å². The lowest BCUT2D eigenvalue weighted by molar-refractivity contribution is 0.0477. The molecule has 6 rings (SSSR count). The number of aromatic nitrogens is 1. The lowest BCUT2D eigenvalue weighted by atomic mass is 9.85. The zero-order valence-electron chi connectivity index (χ0n) is 23.7. The summed E-state index contributed by atoms with van der Waals surface area (Å²) in [6, 6.07) is 17.3. The number of pyridine rings is 1. The number of aromatic hydroxyl groups is 1. The normalized spacial score (nSPS) is 18.9. The van der Waals surface area contributed by atoms with Gasteiger partial charge in [0.2, 0.25) is 0 Å². The maximum atomic E-state index is 13.5. The molecule has 2 aromatic heterocycles. The maximum Gasteiger partial charge on any atom is 0.343 e. The van der Waals surface area contributed by atoms with Gasteiger partial charge in [-0.25, -0.2) is 13.2 Å². The first-order valence-electron chi connectivity index (χ1n) is 14.7. The minimum absolute atomic E-state index is 0.0185. The summed E-state index contributed by atoms with van der Waals surface area (Å²) in [4.78, 5) is 17.8. The van der Waals surface area contributed by atoms with Crippen molar-refractivity contribution in [2.75, 3.05) is 17.9 Å². The largest absolute Gasteiger partial charge is 0.507 e. The number of hydrogen-bond acceptors (Lipinski definition) is 7. The number of benzene rings is 2. The smallest absolute Gasteiger partial charge is 0.343 e. The molecule has 4 aromatic rings.